The fraction of sp³-hybridized carbons (Fsp3) is 0.333. The van der Waals surface area contributed by atoms with Crippen molar-refractivity contribution >= 4 is 22.7 Å². The van der Waals surface area contributed by atoms with Gasteiger partial charge in [-0.2, -0.15) is 0 Å². The Hall–Kier alpha value is -1.88. The monoisotopic (exact) mass is 232 g/mol. The van der Waals surface area contributed by atoms with Crippen LogP contribution in [-0.4, -0.2) is 29.1 Å². The van der Waals surface area contributed by atoms with E-state index in [1.807, 2.05) is 18.2 Å². The Morgan fingerprint density at radius 1 is 1.53 bits per heavy atom. The van der Waals surface area contributed by atoms with E-state index in [2.05, 4.69) is 4.98 Å². The average molecular weight is 232 g/mol. The van der Waals surface area contributed by atoms with Gasteiger partial charge in [0.05, 0.1) is 5.69 Å². The van der Waals surface area contributed by atoms with Gasteiger partial charge in [0, 0.05) is 25.5 Å². The molecule has 1 aliphatic rings. The van der Waals surface area contributed by atoms with Gasteiger partial charge in [0.2, 0.25) is 5.91 Å². The maximum absolute atomic E-state index is 11.9. The molecule has 1 aliphatic heterocycles. The van der Waals surface area contributed by atoms with E-state index in [-0.39, 0.29) is 18.4 Å². The molecule has 1 unspecified atom stereocenters. The SMILES string of the molecule is O=C1CC(CO)CN1c1cccc2ocnc12. The lowest BCUT2D eigenvalue weighted by Gasteiger charge is -2.16. The van der Waals surface area contributed by atoms with Crippen LogP contribution in [0.5, 0.6) is 0 Å². The molecule has 0 spiro atoms. The lowest BCUT2D eigenvalue weighted by molar-refractivity contribution is -0.117. The van der Waals surface area contributed by atoms with Gasteiger partial charge in [-0.15, -0.1) is 0 Å². The summed E-state index contributed by atoms with van der Waals surface area (Å²) in [6.45, 7) is 0.582. The lowest BCUT2D eigenvalue weighted by atomic mass is 10.1. The van der Waals surface area contributed by atoms with Crippen LogP contribution in [0.3, 0.4) is 0 Å². The first-order chi connectivity index (χ1) is 8.29. The summed E-state index contributed by atoms with van der Waals surface area (Å²) in [6.07, 6.45) is 1.77. The molecule has 1 atom stereocenters. The second-order valence-corrected chi connectivity index (χ2v) is 4.23. The van der Waals surface area contributed by atoms with E-state index in [1.54, 1.807) is 4.90 Å². The van der Waals surface area contributed by atoms with Crippen molar-refractivity contribution in [2.45, 2.75) is 6.42 Å². The highest BCUT2D eigenvalue weighted by molar-refractivity contribution is 6.02. The summed E-state index contributed by atoms with van der Waals surface area (Å²) >= 11 is 0. The number of oxazole rings is 1. The number of amides is 1. The van der Waals surface area contributed by atoms with E-state index in [4.69, 9.17) is 9.52 Å². The number of benzene rings is 1. The molecular formula is C12H12N2O3. The van der Waals surface area contributed by atoms with Gasteiger partial charge in [-0.1, -0.05) is 6.07 Å². The van der Waals surface area contributed by atoms with Crippen LogP contribution < -0.4 is 4.90 Å². The zero-order valence-corrected chi connectivity index (χ0v) is 9.17. The largest absolute Gasteiger partial charge is 0.443 e. The molecule has 1 aromatic heterocycles. The number of fused-ring (bicyclic) bond motifs is 1. The van der Waals surface area contributed by atoms with E-state index >= 15 is 0 Å². The van der Waals surface area contributed by atoms with Crippen molar-refractivity contribution in [3.8, 4) is 0 Å². The minimum atomic E-state index is 0.0182. The molecule has 0 saturated carbocycles. The van der Waals surface area contributed by atoms with Crippen molar-refractivity contribution in [3.63, 3.8) is 0 Å². The van der Waals surface area contributed by atoms with Gasteiger partial charge in [0.1, 0.15) is 5.52 Å². The molecule has 1 aromatic carbocycles. The molecule has 88 valence electrons. The first kappa shape index (κ1) is 10.3. The smallest absolute Gasteiger partial charge is 0.227 e. The Bertz CT molecular complexity index is 564. The number of rotatable bonds is 2. The van der Waals surface area contributed by atoms with E-state index in [0.717, 1.165) is 5.69 Å². The molecule has 2 heterocycles. The maximum atomic E-state index is 11.9. The maximum Gasteiger partial charge on any atom is 0.227 e. The Balaban J connectivity index is 2.04. The zero-order valence-electron chi connectivity index (χ0n) is 9.17. The number of anilines is 1. The normalized spacial score (nSPS) is 20.4. The van der Waals surface area contributed by atoms with Gasteiger partial charge in [0.25, 0.3) is 0 Å². The van der Waals surface area contributed by atoms with E-state index in [1.165, 1.54) is 6.39 Å². The number of aromatic nitrogens is 1. The van der Waals surface area contributed by atoms with Gasteiger partial charge in [-0.3, -0.25) is 4.79 Å². The Kier molecular flexibility index (Phi) is 2.33. The van der Waals surface area contributed by atoms with E-state index in [0.29, 0.717) is 24.1 Å². The number of aliphatic hydroxyl groups is 1. The molecular weight excluding hydrogens is 220 g/mol. The number of nitrogens with zero attached hydrogens (tertiary/aromatic N) is 2. The van der Waals surface area contributed by atoms with Crippen molar-refractivity contribution in [2.24, 2.45) is 5.92 Å². The molecule has 0 radical (unpaired) electrons. The van der Waals surface area contributed by atoms with Crippen molar-refractivity contribution in [3.05, 3.63) is 24.6 Å². The molecule has 1 N–H and O–H groups in total. The summed E-state index contributed by atoms with van der Waals surface area (Å²) in [5, 5.41) is 9.11. The van der Waals surface area contributed by atoms with Crippen LogP contribution in [0.15, 0.2) is 29.0 Å². The molecule has 0 aliphatic carbocycles. The zero-order chi connectivity index (χ0) is 11.8. The Morgan fingerprint density at radius 3 is 3.18 bits per heavy atom. The lowest BCUT2D eigenvalue weighted by Crippen LogP contribution is -2.25. The number of hydrogen-bond acceptors (Lipinski definition) is 4. The third-order valence-corrected chi connectivity index (χ3v) is 3.09. The summed E-state index contributed by atoms with van der Waals surface area (Å²) in [5.41, 5.74) is 2.12. The van der Waals surface area contributed by atoms with Crippen LogP contribution in [0.1, 0.15) is 6.42 Å². The van der Waals surface area contributed by atoms with Gasteiger partial charge < -0.3 is 14.4 Å². The number of para-hydroxylation sites is 1. The first-order valence-electron chi connectivity index (χ1n) is 5.53. The van der Waals surface area contributed by atoms with Crippen LogP contribution in [0, 0.1) is 5.92 Å². The Morgan fingerprint density at radius 2 is 2.41 bits per heavy atom. The highest BCUT2D eigenvalue weighted by Crippen LogP contribution is 2.30. The molecule has 5 nitrogen and oxygen atoms in total. The topological polar surface area (TPSA) is 66.6 Å². The standard InChI is InChI=1S/C12H12N2O3/c15-6-8-4-11(16)14(5-8)9-2-1-3-10-12(9)13-7-17-10/h1-3,7-8,15H,4-6H2. The minimum Gasteiger partial charge on any atom is -0.443 e. The fourth-order valence-electron chi connectivity index (χ4n) is 2.23. The van der Waals surface area contributed by atoms with Gasteiger partial charge >= 0.3 is 0 Å². The second-order valence-electron chi connectivity index (χ2n) is 4.23. The number of carbonyl (C=O) groups excluding carboxylic acids is 1. The number of carbonyl (C=O) groups is 1. The van der Waals surface area contributed by atoms with Crippen LogP contribution in [-0.2, 0) is 4.79 Å². The summed E-state index contributed by atoms with van der Waals surface area (Å²) in [4.78, 5) is 17.7. The van der Waals surface area contributed by atoms with Crippen LogP contribution in [0.2, 0.25) is 0 Å². The molecule has 0 bridgehead atoms. The summed E-state index contributed by atoms with van der Waals surface area (Å²) in [7, 11) is 0. The van der Waals surface area contributed by atoms with Gasteiger partial charge in [-0.25, -0.2) is 4.98 Å². The summed E-state index contributed by atoms with van der Waals surface area (Å²) < 4.78 is 5.21. The molecule has 3 rings (SSSR count). The fourth-order valence-corrected chi connectivity index (χ4v) is 2.23. The van der Waals surface area contributed by atoms with Gasteiger partial charge in [0.15, 0.2) is 12.0 Å². The van der Waals surface area contributed by atoms with Crippen molar-refractivity contribution < 1.29 is 14.3 Å². The predicted octanol–water partition coefficient (Wildman–Crippen LogP) is 1.17. The van der Waals surface area contributed by atoms with Crippen molar-refractivity contribution in [1.82, 2.24) is 4.98 Å². The molecule has 1 saturated heterocycles. The first-order valence-corrected chi connectivity index (χ1v) is 5.53. The highest BCUT2D eigenvalue weighted by atomic mass is 16.3. The number of hydrogen-bond donors (Lipinski definition) is 1. The number of aliphatic hydroxyl groups excluding tert-OH is 1. The Labute approximate surface area is 97.7 Å². The third kappa shape index (κ3) is 1.59. The van der Waals surface area contributed by atoms with E-state index in [9.17, 15) is 4.79 Å². The van der Waals surface area contributed by atoms with Crippen LogP contribution in [0.25, 0.3) is 11.1 Å². The third-order valence-electron chi connectivity index (χ3n) is 3.09. The molecule has 5 heteroatoms. The molecule has 1 fully saturated rings. The predicted molar refractivity (Wildman–Crippen MR) is 61.6 cm³/mol. The van der Waals surface area contributed by atoms with Crippen LogP contribution >= 0.6 is 0 Å². The highest BCUT2D eigenvalue weighted by Gasteiger charge is 2.31. The quantitative estimate of drug-likeness (QED) is 0.844. The van der Waals surface area contributed by atoms with E-state index < -0.39 is 0 Å². The summed E-state index contributed by atoms with van der Waals surface area (Å²) in [5.74, 6) is 0.0456. The summed E-state index contributed by atoms with van der Waals surface area (Å²) in [6, 6.07) is 5.50. The van der Waals surface area contributed by atoms with Crippen molar-refractivity contribution in [2.75, 3.05) is 18.1 Å². The molecule has 1 amide bonds. The average Bonchev–Trinajstić information content (AvgIpc) is 2.94. The van der Waals surface area contributed by atoms with Gasteiger partial charge in [-0.05, 0) is 12.1 Å². The molecule has 2 aromatic rings. The second kappa shape index (κ2) is 3.85. The van der Waals surface area contributed by atoms with Crippen molar-refractivity contribution in [1.29, 1.82) is 0 Å². The minimum absolute atomic E-state index is 0.0182. The van der Waals surface area contributed by atoms with Crippen LogP contribution in [0.4, 0.5) is 5.69 Å². The molecule has 17 heavy (non-hydrogen) atoms.